The highest BCUT2D eigenvalue weighted by molar-refractivity contribution is 6.36. The normalized spacial score (nSPS) is 11.5. The molecule has 1 aromatic rings. The summed E-state index contributed by atoms with van der Waals surface area (Å²) in [5, 5.41) is 10.2. The lowest BCUT2D eigenvalue weighted by Gasteiger charge is -2.29. The van der Waals surface area contributed by atoms with Crippen LogP contribution in [-0.2, 0) is 10.2 Å². The van der Waals surface area contributed by atoms with Crippen molar-refractivity contribution in [3.8, 4) is 0 Å². The van der Waals surface area contributed by atoms with E-state index < -0.39 is 11.4 Å². The zero-order valence-corrected chi connectivity index (χ0v) is 10.8. The fraction of sp³-hybridized carbons (Fsp3) is 0.417. The maximum atomic E-state index is 11.5. The second-order valence-electron chi connectivity index (χ2n) is 3.69. The molecule has 0 radical (unpaired) electrons. The largest absolute Gasteiger partial charge is 0.481 e. The molecule has 0 saturated carbocycles. The third kappa shape index (κ3) is 2.04. The van der Waals surface area contributed by atoms with Crippen molar-refractivity contribution in [1.82, 2.24) is 0 Å². The van der Waals surface area contributed by atoms with Crippen LogP contribution in [0.15, 0.2) is 18.2 Å². The third-order valence-corrected chi connectivity index (χ3v) is 3.69. The summed E-state index contributed by atoms with van der Waals surface area (Å²) >= 11 is 12.1. The van der Waals surface area contributed by atoms with Gasteiger partial charge in [-0.05, 0) is 25.0 Å². The van der Waals surface area contributed by atoms with Crippen LogP contribution in [0, 0.1) is 0 Å². The first-order valence-electron chi connectivity index (χ1n) is 5.17. The monoisotopic (exact) mass is 260 g/mol. The number of halogens is 2. The van der Waals surface area contributed by atoms with Gasteiger partial charge in [0.1, 0.15) is 0 Å². The molecule has 0 saturated heterocycles. The minimum absolute atomic E-state index is 0.415. The zero-order chi connectivity index (χ0) is 12.3. The quantitative estimate of drug-likeness (QED) is 0.884. The lowest BCUT2D eigenvalue weighted by atomic mass is 9.76. The highest BCUT2D eigenvalue weighted by Gasteiger charge is 2.39. The van der Waals surface area contributed by atoms with E-state index in [-0.39, 0.29) is 0 Å². The van der Waals surface area contributed by atoms with Crippen molar-refractivity contribution in [1.29, 1.82) is 0 Å². The Kier molecular flexibility index (Phi) is 4.22. The van der Waals surface area contributed by atoms with Gasteiger partial charge in [0.2, 0.25) is 0 Å². The molecule has 0 aliphatic heterocycles. The van der Waals surface area contributed by atoms with Crippen molar-refractivity contribution < 1.29 is 9.90 Å². The van der Waals surface area contributed by atoms with Gasteiger partial charge in [-0.2, -0.15) is 0 Å². The van der Waals surface area contributed by atoms with Gasteiger partial charge in [-0.1, -0.05) is 43.1 Å². The van der Waals surface area contributed by atoms with Crippen LogP contribution in [0.1, 0.15) is 32.3 Å². The molecule has 0 aliphatic carbocycles. The van der Waals surface area contributed by atoms with E-state index in [4.69, 9.17) is 23.2 Å². The van der Waals surface area contributed by atoms with Crippen molar-refractivity contribution in [3.63, 3.8) is 0 Å². The minimum Gasteiger partial charge on any atom is -0.481 e. The fourth-order valence-electron chi connectivity index (χ4n) is 1.97. The molecule has 1 rings (SSSR count). The smallest absolute Gasteiger partial charge is 0.314 e. The zero-order valence-electron chi connectivity index (χ0n) is 9.26. The van der Waals surface area contributed by atoms with Crippen molar-refractivity contribution in [2.24, 2.45) is 0 Å². The van der Waals surface area contributed by atoms with E-state index >= 15 is 0 Å². The van der Waals surface area contributed by atoms with E-state index in [9.17, 15) is 9.90 Å². The van der Waals surface area contributed by atoms with Crippen LogP contribution in [0.25, 0.3) is 0 Å². The Morgan fingerprint density at radius 1 is 1.25 bits per heavy atom. The van der Waals surface area contributed by atoms with Gasteiger partial charge >= 0.3 is 5.97 Å². The van der Waals surface area contributed by atoms with Gasteiger partial charge < -0.3 is 5.11 Å². The van der Waals surface area contributed by atoms with E-state index in [0.717, 1.165) is 0 Å². The number of carbonyl (C=O) groups is 1. The number of hydrogen-bond donors (Lipinski definition) is 1. The molecule has 0 bridgehead atoms. The van der Waals surface area contributed by atoms with Crippen molar-refractivity contribution in [3.05, 3.63) is 33.8 Å². The van der Waals surface area contributed by atoms with E-state index in [1.165, 1.54) is 0 Å². The van der Waals surface area contributed by atoms with Gasteiger partial charge in [0.05, 0.1) is 5.41 Å². The molecule has 88 valence electrons. The Balaban J connectivity index is 3.48. The molecule has 0 unspecified atom stereocenters. The van der Waals surface area contributed by atoms with Crippen LogP contribution in [0.2, 0.25) is 10.0 Å². The Hall–Kier alpha value is -0.730. The minimum atomic E-state index is -0.991. The van der Waals surface area contributed by atoms with Crippen LogP contribution < -0.4 is 0 Å². The molecule has 4 heteroatoms. The molecule has 0 fully saturated rings. The molecule has 0 aromatic heterocycles. The summed E-state index contributed by atoms with van der Waals surface area (Å²) in [5.74, 6) is -0.882. The number of rotatable bonds is 4. The summed E-state index contributed by atoms with van der Waals surface area (Å²) in [6, 6.07) is 5.06. The van der Waals surface area contributed by atoms with E-state index in [0.29, 0.717) is 28.5 Å². The lowest BCUT2D eigenvalue weighted by molar-refractivity contribution is -0.144. The Morgan fingerprint density at radius 2 is 1.69 bits per heavy atom. The number of carboxylic acids is 1. The molecule has 1 aromatic carbocycles. The summed E-state index contributed by atoms with van der Waals surface area (Å²) in [6.45, 7) is 3.66. The first-order valence-corrected chi connectivity index (χ1v) is 5.93. The standard InChI is InChI=1S/C12H14Cl2O2/c1-3-12(4-2,11(15)16)10-8(13)6-5-7-9(10)14/h5-7H,3-4H2,1-2H3,(H,15,16). The summed E-state index contributed by atoms with van der Waals surface area (Å²) in [6.07, 6.45) is 0.921. The summed E-state index contributed by atoms with van der Waals surface area (Å²) in [4.78, 5) is 11.5. The van der Waals surface area contributed by atoms with E-state index in [2.05, 4.69) is 0 Å². The Morgan fingerprint density at radius 3 is 2.00 bits per heavy atom. The van der Waals surface area contributed by atoms with Crippen LogP contribution in [-0.4, -0.2) is 11.1 Å². The average Bonchev–Trinajstić information content (AvgIpc) is 2.23. The van der Waals surface area contributed by atoms with E-state index in [1.807, 2.05) is 13.8 Å². The van der Waals surface area contributed by atoms with Crippen LogP contribution in [0.5, 0.6) is 0 Å². The van der Waals surface area contributed by atoms with Crippen LogP contribution in [0.4, 0.5) is 0 Å². The summed E-state index contributed by atoms with van der Waals surface area (Å²) < 4.78 is 0. The molecule has 0 aliphatic rings. The molecule has 16 heavy (non-hydrogen) atoms. The molecule has 0 atom stereocenters. The van der Waals surface area contributed by atoms with E-state index in [1.54, 1.807) is 18.2 Å². The molecule has 1 N–H and O–H groups in total. The van der Waals surface area contributed by atoms with Gasteiger partial charge in [-0.25, -0.2) is 0 Å². The van der Waals surface area contributed by atoms with Gasteiger partial charge in [-0.3, -0.25) is 4.79 Å². The maximum Gasteiger partial charge on any atom is 0.314 e. The fourth-order valence-corrected chi connectivity index (χ4v) is 2.73. The highest BCUT2D eigenvalue weighted by Crippen LogP contribution is 2.40. The molecular weight excluding hydrogens is 247 g/mol. The SMILES string of the molecule is CCC(CC)(C(=O)O)c1c(Cl)cccc1Cl. The van der Waals surface area contributed by atoms with Gasteiger partial charge in [0.15, 0.2) is 0 Å². The predicted molar refractivity (Wildman–Crippen MR) is 66.4 cm³/mol. The van der Waals surface area contributed by atoms with Crippen LogP contribution in [0.3, 0.4) is 0 Å². The first kappa shape index (κ1) is 13.3. The van der Waals surface area contributed by atoms with Crippen LogP contribution >= 0.6 is 23.2 Å². The number of hydrogen-bond acceptors (Lipinski definition) is 1. The molecule has 0 amide bonds. The van der Waals surface area contributed by atoms with Gasteiger partial charge in [-0.15, -0.1) is 0 Å². The second kappa shape index (κ2) is 5.07. The second-order valence-corrected chi connectivity index (χ2v) is 4.51. The van der Waals surface area contributed by atoms with Crippen molar-refractivity contribution in [2.45, 2.75) is 32.1 Å². The molecule has 2 nitrogen and oxygen atoms in total. The number of benzene rings is 1. The summed E-state index contributed by atoms with van der Waals surface area (Å²) in [7, 11) is 0. The van der Waals surface area contributed by atoms with Gasteiger partial charge in [0.25, 0.3) is 0 Å². The average molecular weight is 261 g/mol. The Labute approximate surface area is 105 Å². The topological polar surface area (TPSA) is 37.3 Å². The highest BCUT2D eigenvalue weighted by atomic mass is 35.5. The van der Waals surface area contributed by atoms with Crippen molar-refractivity contribution in [2.75, 3.05) is 0 Å². The number of aliphatic carboxylic acids is 1. The molecule has 0 heterocycles. The molecular formula is C12H14Cl2O2. The summed E-state index contributed by atoms with van der Waals surface area (Å²) in [5.41, 5.74) is -0.467. The number of carboxylic acid groups (broad SMARTS) is 1. The Bertz CT molecular complexity index is 378. The first-order chi connectivity index (χ1) is 7.49. The third-order valence-electron chi connectivity index (χ3n) is 3.06. The lowest BCUT2D eigenvalue weighted by Crippen LogP contribution is -2.35. The van der Waals surface area contributed by atoms with Crippen molar-refractivity contribution >= 4 is 29.2 Å². The molecule has 0 spiro atoms. The predicted octanol–water partition coefficient (Wildman–Crippen LogP) is 4.14. The maximum absolute atomic E-state index is 11.5. The van der Waals surface area contributed by atoms with Gasteiger partial charge in [0, 0.05) is 15.6 Å².